The van der Waals surface area contributed by atoms with Crippen LogP contribution in [-0.2, 0) is 9.47 Å². The predicted octanol–water partition coefficient (Wildman–Crippen LogP) is 2.76. The van der Waals surface area contributed by atoms with Gasteiger partial charge in [0.15, 0.2) is 0 Å². The molecule has 0 aromatic heterocycles. The third kappa shape index (κ3) is 5.36. The van der Waals surface area contributed by atoms with E-state index >= 15 is 0 Å². The molecule has 0 radical (unpaired) electrons. The van der Waals surface area contributed by atoms with Crippen molar-refractivity contribution in [1.29, 1.82) is 0 Å². The molecule has 1 heterocycles. The van der Waals surface area contributed by atoms with Crippen molar-refractivity contribution >= 4 is 0 Å². The molecule has 1 saturated heterocycles. The van der Waals surface area contributed by atoms with Gasteiger partial charge in [0.25, 0.3) is 0 Å². The van der Waals surface area contributed by atoms with Crippen molar-refractivity contribution in [3.8, 4) is 0 Å². The van der Waals surface area contributed by atoms with Gasteiger partial charge < -0.3 is 14.6 Å². The van der Waals surface area contributed by atoms with Crippen LogP contribution >= 0.6 is 0 Å². The molecule has 3 atom stereocenters. The summed E-state index contributed by atoms with van der Waals surface area (Å²) in [7, 11) is 0. The Bertz CT molecular complexity index is 210. The third-order valence-corrected chi connectivity index (χ3v) is 3.29. The first-order valence-corrected chi connectivity index (χ1v) is 6.85. The first-order chi connectivity index (χ1) is 7.94. The molecule has 0 aliphatic carbocycles. The van der Waals surface area contributed by atoms with Crippen molar-refractivity contribution in [2.75, 3.05) is 13.2 Å². The molecule has 1 fully saturated rings. The van der Waals surface area contributed by atoms with Gasteiger partial charge in [0.05, 0.1) is 12.7 Å². The highest BCUT2D eigenvalue weighted by Gasteiger charge is 2.35. The molecule has 1 N–H and O–H groups in total. The van der Waals surface area contributed by atoms with Gasteiger partial charge in [0.2, 0.25) is 0 Å². The highest BCUT2D eigenvalue weighted by atomic mass is 16.6. The van der Waals surface area contributed by atoms with Crippen LogP contribution in [0.15, 0.2) is 0 Å². The summed E-state index contributed by atoms with van der Waals surface area (Å²) in [5.41, 5.74) is 0.406. The average molecular weight is 244 g/mol. The lowest BCUT2D eigenvalue weighted by Crippen LogP contribution is -2.32. The minimum atomic E-state index is -0.442. The van der Waals surface area contributed by atoms with Crippen molar-refractivity contribution in [1.82, 2.24) is 0 Å². The van der Waals surface area contributed by atoms with E-state index in [0.29, 0.717) is 12.0 Å². The van der Waals surface area contributed by atoms with Gasteiger partial charge in [-0.25, -0.2) is 0 Å². The lowest BCUT2D eigenvalue weighted by atomic mass is 9.90. The molecule has 1 aliphatic heterocycles. The summed E-state index contributed by atoms with van der Waals surface area (Å²) in [4.78, 5) is 0. The highest BCUT2D eigenvalue weighted by molar-refractivity contribution is 4.83. The highest BCUT2D eigenvalue weighted by Crippen LogP contribution is 2.22. The van der Waals surface area contributed by atoms with Crippen LogP contribution in [0.5, 0.6) is 0 Å². The number of hydrogen-bond acceptors (Lipinski definition) is 3. The van der Waals surface area contributed by atoms with Crippen molar-refractivity contribution in [2.24, 2.45) is 5.41 Å². The van der Waals surface area contributed by atoms with E-state index in [-0.39, 0.29) is 12.2 Å². The first kappa shape index (κ1) is 14.9. The molecule has 0 aromatic rings. The molecular weight excluding hydrogens is 216 g/mol. The fraction of sp³-hybridized carbons (Fsp3) is 1.00. The van der Waals surface area contributed by atoms with E-state index in [4.69, 9.17) is 9.47 Å². The van der Waals surface area contributed by atoms with Crippen molar-refractivity contribution in [2.45, 2.75) is 71.7 Å². The van der Waals surface area contributed by atoms with Crippen LogP contribution in [0.2, 0.25) is 0 Å². The molecule has 1 rings (SSSR count). The van der Waals surface area contributed by atoms with Gasteiger partial charge in [-0.3, -0.25) is 0 Å². The maximum absolute atomic E-state index is 9.88. The third-order valence-electron chi connectivity index (χ3n) is 3.29. The minimum Gasteiger partial charge on any atom is -0.388 e. The summed E-state index contributed by atoms with van der Waals surface area (Å²) < 4.78 is 11.2. The summed E-state index contributed by atoms with van der Waals surface area (Å²) >= 11 is 0. The predicted molar refractivity (Wildman–Crippen MR) is 69.1 cm³/mol. The molecule has 0 bridgehead atoms. The minimum absolute atomic E-state index is 0.0328. The Kier molecular flexibility index (Phi) is 5.90. The second-order valence-corrected chi connectivity index (χ2v) is 6.20. The molecule has 3 heteroatoms. The number of hydrogen-bond donors (Lipinski definition) is 1. The Hall–Kier alpha value is -0.120. The van der Waals surface area contributed by atoms with E-state index in [0.717, 1.165) is 19.4 Å². The van der Waals surface area contributed by atoms with Crippen LogP contribution in [0.3, 0.4) is 0 Å². The smallest absolute Gasteiger partial charge is 0.109 e. The van der Waals surface area contributed by atoms with E-state index in [1.165, 1.54) is 12.8 Å². The summed E-state index contributed by atoms with van der Waals surface area (Å²) in [6, 6.07) is 0. The van der Waals surface area contributed by atoms with E-state index in [9.17, 15) is 5.11 Å². The van der Waals surface area contributed by atoms with Crippen molar-refractivity contribution < 1.29 is 14.6 Å². The van der Waals surface area contributed by atoms with E-state index in [1.54, 1.807) is 0 Å². The summed E-state index contributed by atoms with van der Waals surface area (Å²) in [6.07, 6.45) is 3.73. The van der Waals surface area contributed by atoms with E-state index in [1.807, 2.05) is 6.92 Å². The molecule has 0 saturated carbocycles. The molecule has 102 valence electrons. The standard InChI is InChI=1S/C14H28O3/c1-5-11-13(15)12(10-17-11)16-9-7-6-8-14(2,3)4/h11-13,15H,5-10H2,1-4H3. The summed E-state index contributed by atoms with van der Waals surface area (Å²) in [5.74, 6) is 0. The number of ether oxygens (including phenoxy) is 2. The molecule has 3 nitrogen and oxygen atoms in total. The maximum atomic E-state index is 9.88. The zero-order valence-electron chi connectivity index (χ0n) is 11.7. The topological polar surface area (TPSA) is 38.7 Å². The fourth-order valence-corrected chi connectivity index (χ4v) is 2.15. The SMILES string of the molecule is CCC1OCC(OCCCCC(C)(C)C)C1O. The van der Waals surface area contributed by atoms with E-state index in [2.05, 4.69) is 20.8 Å². The zero-order chi connectivity index (χ0) is 12.9. The van der Waals surface area contributed by atoms with Crippen molar-refractivity contribution in [3.05, 3.63) is 0 Å². The largest absolute Gasteiger partial charge is 0.388 e. The molecule has 1 aliphatic rings. The Labute approximate surface area is 105 Å². The van der Waals surface area contributed by atoms with Crippen LogP contribution in [0.4, 0.5) is 0 Å². The molecule has 3 unspecified atom stereocenters. The lowest BCUT2D eigenvalue weighted by Gasteiger charge is -2.19. The Morgan fingerprint density at radius 2 is 2.00 bits per heavy atom. The van der Waals surface area contributed by atoms with E-state index < -0.39 is 6.10 Å². The molecule has 0 amide bonds. The molecule has 17 heavy (non-hydrogen) atoms. The monoisotopic (exact) mass is 244 g/mol. The Morgan fingerprint density at radius 3 is 2.53 bits per heavy atom. The van der Waals surface area contributed by atoms with Gasteiger partial charge in [-0.2, -0.15) is 0 Å². The second-order valence-electron chi connectivity index (χ2n) is 6.20. The molecule has 0 aromatic carbocycles. The van der Waals surface area contributed by atoms with Crippen LogP contribution in [0.1, 0.15) is 53.4 Å². The number of unbranched alkanes of at least 4 members (excludes halogenated alkanes) is 1. The first-order valence-electron chi connectivity index (χ1n) is 6.85. The molecule has 0 spiro atoms. The van der Waals surface area contributed by atoms with Gasteiger partial charge >= 0.3 is 0 Å². The summed E-state index contributed by atoms with van der Waals surface area (Å²) in [5, 5.41) is 9.88. The Morgan fingerprint density at radius 1 is 1.29 bits per heavy atom. The average Bonchev–Trinajstić information content (AvgIpc) is 2.58. The number of aliphatic hydroxyl groups is 1. The fourth-order valence-electron chi connectivity index (χ4n) is 2.15. The normalized spacial score (nSPS) is 29.8. The Balaban J connectivity index is 2.08. The maximum Gasteiger partial charge on any atom is 0.109 e. The van der Waals surface area contributed by atoms with Gasteiger partial charge in [-0.1, -0.05) is 34.1 Å². The zero-order valence-corrected chi connectivity index (χ0v) is 11.7. The van der Waals surface area contributed by atoms with Gasteiger partial charge in [0, 0.05) is 6.61 Å². The quantitative estimate of drug-likeness (QED) is 0.730. The summed E-state index contributed by atoms with van der Waals surface area (Å²) in [6.45, 7) is 10.1. The lowest BCUT2D eigenvalue weighted by molar-refractivity contribution is -0.0200. The second kappa shape index (κ2) is 6.72. The number of rotatable bonds is 6. The molecular formula is C14H28O3. The number of aliphatic hydroxyl groups excluding tert-OH is 1. The van der Waals surface area contributed by atoms with Gasteiger partial charge in [-0.05, 0) is 24.7 Å². The van der Waals surface area contributed by atoms with Crippen LogP contribution in [-0.4, -0.2) is 36.6 Å². The van der Waals surface area contributed by atoms with Crippen molar-refractivity contribution in [3.63, 3.8) is 0 Å². The van der Waals surface area contributed by atoms with Crippen LogP contribution < -0.4 is 0 Å². The van der Waals surface area contributed by atoms with Crippen LogP contribution in [0.25, 0.3) is 0 Å². The van der Waals surface area contributed by atoms with Gasteiger partial charge in [0.1, 0.15) is 12.2 Å². The van der Waals surface area contributed by atoms with Crippen LogP contribution in [0, 0.1) is 5.41 Å². The van der Waals surface area contributed by atoms with Gasteiger partial charge in [-0.15, -0.1) is 0 Å².